The largest absolute Gasteiger partial charge is 0.322 e. The molecule has 142 valence electrons. The van der Waals surface area contributed by atoms with Crippen LogP contribution in [0.15, 0.2) is 59.7 Å². The van der Waals surface area contributed by atoms with E-state index < -0.39 is 0 Å². The number of hydrogen-bond donors (Lipinski definition) is 1. The van der Waals surface area contributed by atoms with E-state index in [1.54, 1.807) is 6.92 Å². The van der Waals surface area contributed by atoms with E-state index in [1.165, 1.54) is 21.9 Å². The fraction of sp³-hybridized carbons (Fsp3) is 0.280. The lowest BCUT2D eigenvalue weighted by Gasteiger charge is -2.27. The summed E-state index contributed by atoms with van der Waals surface area (Å²) in [7, 11) is 0. The van der Waals surface area contributed by atoms with Gasteiger partial charge in [0.25, 0.3) is 0 Å². The van der Waals surface area contributed by atoms with E-state index in [-0.39, 0.29) is 17.2 Å². The molecule has 1 heterocycles. The molecule has 4 rings (SSSR count). The normalized spacial score (nSPS) is 15.6. The molecule has 1 aliphatic rings. The second-order valence-corrected chi connectivity index (χ2v) is 8.83. The molecule has 0 aromatic heterocycles. The molecule has 0 radical (unpaired) electrons. The first kappa shape index (κ1) is 18.6. The van der Waals surface area contributed by atoms with Crippen molar-refractivity contribution in [3.05, 3.63) is 65.9 Å². The van der Waals surface area contributed by atoms with Crippen molar-refractivity contribution in [2.75, 3.05) is 0 Å². The van der Waals surface area contributed by atoms with Gasteiger partial charge in [0.15, 0.2) is 5.78 Å². The molecule has 0 unspecified atom stereocenters. The van der Waals surface area contributed by atoms with Crippen LogP contribution < -0.4 is 5.73 Å². The van der Waals surface area contributed by atoms with E-state index in [0.717, 1.165) is 28.5 Å². The zero-order chi connectivity index (χ0) is 20.1. The van der Waals surface area contributed by atoms with E-state index in [0.29, 0.717) is 0 Å². The van der Waals surface area contributed by atoms with E-state index >= 15 is 0 Å². The van der Waals surface area contributed by atoms with Crippen LogP contribution in [0.4, 0.5) is 0 Å². The lowest BCUT2D eigenvalue weighted by atomic mass is 9.83. The number of aliphatic imine (C=N–C) groups is 1. The summed E-state index contributed by atoms with van der Waals surface area (Å²) in [4.78, 5) is 16.3. The van der Waals surface area contributed by atoms with Gasteiger partial charge >= 0.3 is 0 Å². The predicted molar refractivity (Wildman–Crippen MR) is 119 cm³/mol. The van der Waals surface area contributed by atoms with Gasteiger partial charge in [0, 0.05) is 29.9 Å². The van der Waals surface area contributed by atoms with Crippen LogP contribution in [-0.4, -0.2) is 17.5 Å². The molecule has 0 amide bonds. The molecule has 1 atom stereocenters. The Kier molecular flexibility index (Phi) is 4.43. The third-order valence-corrected chi connectivity index (χ3v) is 5.62. The number of allylic oxidation sites excluding steroid dienone is 1. The van der Waals surface area contributed by atoms with Gasteiger partial charge in [0.05, 0.1) is 0 Å². The van der Waals surface area contributed by atoms with Crippen LogP contribution in [0.3, 0.4) is 0 Å². The number of ketones is 1. The first-order valence-electron chi connectivity index (χ1n) is 9.72. The summed E-state index contributed by atoms with van der Waals surface area (Å²) in [5, 5.41) is 4.59. The highest BCUT2D eigenvalue weighted by atomic mass is 16.1. The van der Waals surface area contributed by atoms with Gasteiger partial charge in [-0.25, -0.2) is 0 Å². The van der Waals surface area contributed by atoms with Gasteiger partial charge < -0.3 is 5.73 Å². The lowest BCUT2D eigenvalue weighted by molar-refractivity contribution is 0.101. The summed E-state index contributed by atoms with van der Waals surface area (Å²) in [6.45, 7) is 8.05. The molecule has 0 aliphatic carbocycles. The molecule has 3 nitrogen and oxygen atoms in total. The number of Topliss-reactive ketones (excluding diaryl/α,β-unsaturated/α-hetero) is 1. The maximum atomic E-state index is 11.7. The monoisotopic (exact) mass is 370 g/mol. The van der Waals surface area contributed by atoms with Crippen LogP contribution in [0.2, 0.25) is 0 Å². The predicted octanol–water partition coefficient (Wildman–Crippen LogP) is 5.75. The Balaban J connectivity index is 1.66. The fourth-order valence-corrected chi connectivity index (χ4v) is 3.73. The Morgan fingerprint density at radius 2 is 1.61 bits per heavy atom. The van der Waals surface area contributed by atoms with Crippen molar-refractivity contribution < 1.29 is 4.79 Å². The number of hydrogen-bond acceptors (Lipinski definition) is 3. The van der Waals surface area contributed by atoms with Crippen LogP contribution in [-0.2, 0) is 0 Å². The topological polar surface area (TPSA) is 55.5 Å². The summed E-state index contributed by atoms with van der Waals surface area (Å²) < 4.78 is 0. The number of fused-ring (bicyclic) bond motifs is 2. The van der Waals surface area contributed by atoms with E-state index in [9.17, 15) is 4.79 Å². The summed E-state index contributed by atoms with van der Waals surface area (Å²) in [5.74, 6) is 0.0924. The average Bonchev–Trinajstić information content (AvgIpc) is 3.14. The molecule has 1 aliphatic heterocycles. The minimum absolute atomic E-state index is 0.00312. The molecule has 28 heavy (non-hydrogen) atoms. The van der Waals surface area contributed by atoms with Gasteiger partial charge in [0.1, 0.15) is 0 Å². The van der Waals surface area contributed by atoms with E-state index in [1.807, 2.05) is 24.4 Å². The van der Waals surface area contributed by atoms with Crippen molar-refractivity contribution in [3.63, 3.8) is 0 Å². The van der Waals surface area contributed by atoms with Crippen LogP contribution in [0.25, 0.3) is 27.1 Å². The second-order valence-electron chi connectivity index (χ2n) is 8.83. The Bertz CT molecular complexity index is 1160. The molecule has 0 bridgehead atoms. The van der Waals surface area contributed by atoms with E-state index in [2.05, 4.69) is 56.1 Å². The van der Waals surface area contributed by atoms with Gasteiger partial charge in [-0.1, -0.05) is 45.0 Å². The summed E-state index contributed by atoms with van der Waals surface area (Å²) in [6, 6.07) is 16.7. The Hall–Kier alpha value is -2.78. The van der Waals surface area contributed by atoms with Crippen LogP contribution >= 0.6 is 0 Å². The van der Waals surface area contributed by atoms with Gasteiger partial charge in [-0.3, -0.25) is 9.79 Å². The highest BCUT2D eigenvalue weighted by molar-refractivity contribution is 6.05. The molecule has 2 N–H and O–H groups in total. The number of rotatable bonds is 3. The van der Waals surface area contributed by atoms with Gasteiger partial charge in [-0.15, -0.1) is 0 Å². The number of benzene rings is 3. The van der Waals surface area contributed by atoms with Crippen LogP contribution in [0, 0.1) is 5.41 Å². The summed E-state index contributed by atoms with van der Waals surface area (Å²) in [5.41, 5.74) is 10.6. The molecule has 0 saturated carbocycles. The third-order valence-electron chi connectivity index (χ3n) is 5.62. The molecular formula is C25H26N2O. The average molecular weight is 370 g/mol. The smallest absolute Gasteiger partial charge is 0.159 e. The highest BCUT2D eigenvalue weighted by Gasteiger charge is 2.28. The minimum atomic E-state index is -0.0406. The standard InChI is InChI=1S/C25H26N2O/c1-15(28)16-5-6-17-11-21-12-19(8-7-18(21)10-20(17)9-16)22-13-23(27-14-22)24(26)25(2,3)4/h5-12,14,24H,13,26H2,1-4H3/t24-/m1/s1. The highest BCUT2D eigenvalue weighted by Crippen LogP contribution is 2.32. The Labute approximate surface area is 166 Å². The first-order valence-corrected chi connectivity index (χ1v) is 9.72. The molecule has 0 spiro atoms. The van der Waals surface area contributed by atoms with Gasteiger partial charge in [-0.05, 0) is 69.3 Å². The minimum Gasteiger partial charge on any atom is -0.322 e. The maximum Gasteiger partial charge on any atom is 0.159 e. The summed E-state index contributed by atoms with van der Waals surface area (Å²) in [6.07, 6.45) is 2.77. The zero-order valence-electron chi connectivity index (χ0n) is 16.9. The zero-order valence-corrected chi connectivity index (χ0v) is 16.9. The number of carbonyl (C=O) groups excluding carboxylic acids is 1. The second kappa shape index (κ2) is 6.68. The SMILES string of the molecule is CC(=O)c1ccc2cc3cc(C4=CN=C([C@@H](N)C(C)(C)C)C4)ccc3cc2c1. The first-order chi connectivity index (χ1) is 13.2. The molecular weight excluding hydrogens is 344 g/mol. The van der Waals surface area contributed by atoms with Crippen molar-refractivity contribution in [1.82, 2.24) is 0 Å². The van der Waals surface area contributed by atoms with Crippen molar-refractivity contribution in [2.24, 2.45) is 16.1 Å². The molecule has 3 aromatic rings. The quantitative estimate of drug-likeness (QED) is 0.471. The molecule has 3 heteroatoms. The number of carbonyl (C=O) groups is 1. The number of nitrogens with zero attached hydrogens (tertiary/aromatic N) is 1. The van der Waals surface area contributed by atoms with Crippen LogP contribution in [0.1, 0.15) is 50.0 Å². The van der Waals surface area contributed by atoms with Crippen molar-refractivity contribution in [2.45, 2.75) is 40.2 Å². The van der Waals surface area contributed by atoms with E-state index in [4.69, 9.17) is 5.73 Å². The molecule has 0 saturated heterocycles. The van der Waals surface area contributed by atoms with Crippen molar-refractivity contribution in [1.29, 1.82) is 0 Å². The summed E-state index contributed by atoms with van der Waals surface area (Å²) >= 11 is 0. The fourth-order valence-electron chi connectivity index (χ4n) is 3.73. The third kappa shape index (κ3) is 3.38. The van der Waals surface area contributed by atoms with Gasteiger partial charge in [-0.2, -0.15) is 0 Å². The maximum absolute atomic E-state index is 11.7. The molecule has 3 aromatic carbocycles. The van der Waals surface area contributed by atoms with Crippen molar-refractivity contribution in [3.8, 4) is 0 Å². The van der Waals surface area contributed by atoms with Gasteiger partial charge in [0.2, 0.25) is 0 Å². The van der Waals surface area contributed by atoms with Crippen LogP contribution in [0.5, 0.6) is 0 Å². The molecule has 0 fully saturated rings. The van der Waals surface area contributed by atoms with Crippen molar-refractivity contribution >= 4 is 38.6 Å². The Morgan fingerprint density at radius 1 is 0.964 bits per heavy atom. The Morgan fingerprint density at radius 3 is 2.25 bits per heavy atom. The number of nitrogens with two attached hydrogens (primary N) is 1. The lowest BCUT2D eigenvalue weighted by Crippen LogP contribution is -2.41.